The van der Waals surface area contributed by atoms with Crippen LogP contribution < -0.4 is 10.2 Å². The number of anilines is 1. The van der Waals surface area contributed by atoms with Crippen LogP contribution in [0.25, 0.3) is 0 Å². The first-order chi connectivity index (χ1) is 9.11. The van der Waals surface area contributed by atoms with Gasteiger partial charge in [-0.15, -0.1) is 0 Å². The van der Waals surface area contributed by atoms with Gasteiger partial charge in [0.2, 0.25) is 0 Å². The van der Waals surface area contributed by atoms with Crippen LogP contribution in [0.4, 0.5) is 5.69 Å². The number of para-hydroxylation sites is 1. The van der Waals surface area contributed by atoms with E-state index in [0.717, 1.165) is 19.6 Å². The Morgan fingerprint density at radius 2 is 1.95 bits per heavy atom. The minimum absolute atomic E-state index is 0.578. The molecule has 0 saturated carbocycles. The van der Waals surface area contributed by atoms with Crippen LogP contribution in [0, 0.1) is 12.8 Å². The van der Waals surface area contributed by atoms with Gasteiger partial charge in [0.15, 0.2) is 0 Å². The second-order valence-corrected chi connectivity index (χ2v) is 5.95. The zero-order valence-electron chi connectivity index (χ0n) is 12.7. The van der Waals surface area contributed by atoms with E-state index in [0.29, 0.717) is 12.0 Å². The Bertz CT molecular complexity index is 405. The molecule has 3 heteroatoms. The number of rotatable bonds is 3. The van der Waals surface area contributed by atoms with E-state index in [1.165, 1.54) is 17.8 Å². The van der Waals surface area contributed by atoms with Crippen LogP contribution >= 0.6 is 0 Å². The molecule has 1 heterocycles. The van der Waals surface area contributed by atoms with Crippen molar-refractivity contribution in [1.82, 2.24) is 10.2 Å². The highest BCUT2D eigenvalue weighted by Gasteiger charge is 2.25. The molecule has 2 rings (SSSR count). The van der Waals surface area contributed by atoms with E-state index in [1.807, 2.05) is 7.05 Å². The van der Waals surface area contributed by atoms with Gasteiger partial charge >= 0.3 is 0 Å². The first-order valence-corrected chi connectivity index (χ1v) is 7.27. The van der Waals surface area contributed by atoms with E-state index in [9.17, 15) is 0 Å². The maximum absolute atomic E-state index is 3.33. The lowest BCUT2D eigenvalue weighted by Crippen LogP contribution is -2.44. The smallest absolute Gasteiger partial charge is 0.0396 e. The fourth-order valence-corrected chi connectivity index (χ4v) is 3.11. The van der Waals surface area contributed by atoms with Gasteiger partial charge in [-0.1, -0.05) is 25.1 Å². The van der Waals surface area contributed by atoms with Gasteiger partial charge in [-0.3, -0.25) is 0 Å². The maximum Gasteiger partial charge on any atom is 0.0396 e. The summed E-state index contributed by atoms with van der Waals surface area (Å²) in [5, 5.41) is 3.33. The molecule has 19 heavy (non-hydrogen) atoms. The summed E-state index contributed by atoms with van der Waals surface area (Å²) in [7, 11) is 4.29. The Balaban J connectivity index is 2.21. The predicted molar refractivity (Wildman–Crippen MR) is 82.9 cm³/mol. The topological polar surface area (TPSA) is 18.5 Å². The molecule has 1 aromatic rings. The predicted octanol–water partition coefficient (Wildman–Crippen LogP) is 1.97. The summed E-state index contributed by atoms with van der Waals surface area (Å²) in [4.78, 5) is 5.06. The van der Waals surface area contributed by atoms with Crippen LogP contribution in [0.3, 0.4) is 0 Å². The highest BCUT2D eigenvalue weighted by atomic mass is 15.2. The maximum atomic E-state index is 3.33. The standard InChI is InChI=1S/C16H27N3/c1-13-10-18(4)15(9-17-3)12-19(11-13)16-8-6-5-7-14(16)2/h5-8,13,15,17H,9-12H2,1-4H3. The lowest BCUT2D eigenvalue weighted by atomic mass is 10.1. The van der Waals surface area contributed by atoms with Gasteiger partial charge in [0.25, 0.3) is 0 Å². The molecule has 0 spiro atoms. The summed E-state index contributed by atoms with van der Waals surface area (Å²) >= 11 is 0. The van der Waals surface area contributed by atoms with Crippen molar-refractivity contribution in [3.05, 3.63) is 29.8 Å². The molecule has 1 aliphatic heterocycles. The summed E-state index contributed by atoms with van der Waals surface area (Å²) < 4.78 is 0. The first kappa shape index (κ1) is 14.4. The fraction of sp³-hybridized carbons (Fsp3) is 0.625. The minimum atomic E-state index is 0.578. The lowest BCUT2D eigenvalue weighted by Gasteiger charge is -2.30. The Labute approximate surface area is 117 Å². The van der Waals surface area contributed by atoms with Crippen LogP contribution in [0.5, 0.6) is 0 Å². The van der Waals surface area contributed by atoms with Gasteiger partial charge in [0.1, 0.15) is 0 Å². The molecule has 106 valence electrons. The van der Waals surface area contributed by atoms with Crippen LogP contribution in [-0.2, 0) is 0 Å². The van der Waals surface area contributed by atoms with Crippen molar-refractivity contribution < 1.29 is 0 Å². The number of benzene rings is 1. The third kappa shape index (κ3) is 3.48. The molecule has 1 saturated heterocycles. The van der Waals surface area contributed by atoms with Crippen molar-refractivity contribution in [2.24, 2.45) is 5.92 Å². The van der Waals surface area contributed by atoms with E-state index in [4.69, 9.17) is 0 Å². The first-order valence-electron chi connectivity index (χ1n) is 7.27. The molecule has 2 unspecified atom stereocenters. The quantitative estimate of drug-likeness (QED) is 0.897. The Kier molecular flexibility index (Phi) is 4.83. The van der Waals surface area contributed by atoms with Crippen LogP contribution in [0.2, 0.25) is 0 Å². The number of nitrogens with one attached hydrogen (secondary N) is 1. The summed E-state index contributed by atoms with van der Waals surface area (Å²) in [6.07, 6.45) is 0. The molecule has 1 aliphatic rings. The van der Waals surface area contributed by atoms with Gasteiger partial charge in [-0.05, 0) is 38.6 Å². The van der Waals surface area contributed by atoms with E-state index < -0.39 is 0 Å². The monoisotopic (exact) mass is 261 g/mol. The molecular formula is C16H27N3. The molecule has 0 aliphatic carbocycles. The minimum Gasteiger partial charge on any atom is -0.369 e. The highest BCUT2D eigenvalue weighted by molar-refractivity contribution is 5.53. The molecule has 0 bridgehead atoms. The van der Waals surface area contributed by atoms with Gasteiger partial charge in [0, 0.05) is 37.9 Å². The molecule has 1 fully saturated rings. The molecule has 0 amide bonds. The number of aryl methyl sites for hydroxylation is 1. The Hall–Kier alpha value is -1.06. The van der Waals surface area contributed by atoms with Crippen LogP contribution in [-0.4, -0.2) is 51.2 Å². The fourth-order valence-electron chi connectivity index (χ4n) is 3.11. The number of hydrogen-bond acceptors (Lipinski definition) is 3. The van der Waals surface area contributed by atoms with E-state index in [1.54, 1.807) is 0 Å². The lowest BCUT2D eigenvalue weighted by molar-refractivity contribution is 0.236. The summed E-state index contributed by atoms with van der Waals surface area (Å²) in [5.41, 5.74) is 2.77. The van der Waals surface area contributed by atoms with Crippen molar-refractivity contribution in [2.75, 3.05) is 45.2 Å². The third-order valence-corrected chi connectivity index (χ3v) is 4.08. The largest absolute Gasteiger partial charge is 0.369 e. The van der Waals surface area contributed by atoms with Crippen molar-refractivity contribution in [3.8, 4) is 0 Å². The van der Waals surface area contributed by atoms with Crippen molar-refractivity contribution in [2.45, 2.75) is 19.9 Å². The van der Waals surface area contributed by atoms with E-state index in [-0.39, 0.29) is 0 Å². The SMILES string of the molecule is CNCC1CN(c2ccccc2C)CC(C)CN1C. The van der Waals surface area contributed by atoms with E-state index >= 15 is 0 Å². The van der Waals surface area contributed by atoms with Crippen molar-refractivity contribution >= 4 is 5.69 Å². The molecule has 1 aromatic carbocycles. The zero-order valence-corrected chi connectivity index (χ0v) is 12.7. The van der Waals surface area contributed by atoms with Crippen molar-refractivity contribution in [1.29, 1.82) is 0 Å². The zero-order chi connectivity index (χ0) is 13.8. The van der Waals surface area contributed by atoms with Crippen molar-refractivity contribution in [3.63, 3.8) is 0 Å². The van der Waals surface area contributed by atoms with Gasteiger partial charge < -0.3 is 15.1 Å². The molecule has 1 N–H and O–H groups in total. The van der Waals surface area contributed by atoms with Gasteiger partial charge in [0.05, 0.1) is 0 Å². The molecular weight excluding hydrogens is 234 g/mol. The summed E-state index contributed by atoms with van der Waals surface area (Å²) in [6, 6.07) is 9.31. The van der Waals surface area contributed by atoms with E-state index in [2.05, 4.69) is 60.3 Å². The Morgan fingerprint density at radius 1 is 1.21 bits per heavy atom. The summed E-state index contributed by atoms with van der Waals surface area (Å²) in [5.74, 6) is 0.700. The third-order valence-electron chi connectivity index (χ3n) is 4.08. The van der Waals surface area contributed by atoms with Crippen LogP contribution in [0.15, 0.2) is 24.3 Å². The van der Waals surface area contributed by atoms with Gasteiger partial charge in [-0.25, -0.2) is 0 Å². The molecule has 0 radical (unpaired) electrons. The highest BCUT2D eigenvalue weighted by Crippen LogP contribution is 2.23. The molecule has 2 atom stereocenters. The summed E-state index contributed by atoms with van der Waals surface area (Å²) in [6.45, 7) is 9.04. The molecule has 0 aromatic heterocycles. The number of likely N-dealkylation sites (N-methyl/N-ethyl adjacent to an activating group) is 2. The second-order valence-electron chi connectivity index (χ2n) is 5.95. The van der Waals surface area contributed by atoms with Crippen LogP contribution in [0.1, 0.15) is 12.5 Å². The average molecular weight is 261 g/mol. The normalized spacial score (nSPS) is 25.4. The molecule has 3 nitrogen and oxygen atoms in total. The second kappa shape index (κ2) is 6.40. The average Bonchev–Trinajstić information content (AvgIpc) is 2.50. The van der Waals surface area contributed by atoms with Gasteiger partial charge in [-0.2, -0.15) is 0 Å². The Morgan fingerprint density at radius 3 is 2.63 bits per heavy atom. The number of hydrogen-bond donors (Lipinski definition) is 1. The number of nitrogens with zero attached hydrogens (tertiary/aromatic N) is 2.